The summed E-state index contributed by atoms with van der Waals surface area (Å²) in [6, 6.07) is 4.50. The minimum Gasteiger partial charge on any atom is -0.330 e. The Balaban J connectivity index is 2.74. The van der Waals surface area contributed by atoms with Crippen LogP contribution in [0.5, 0.6) is 0 Å². The van der Waals surface area contributed by atoms with Crippen molar-refractivity contribution in [2.45, 2.75) is 33.6 Å². The summed E-state index contributed by atoms with van der Waals surface area (Å²) in [6.45, 7) is 7.91. The highest BCUT2D eigenvalue weighted by Crippen LogP contribution is 2.19. The van der Waals surface area contributed by atoms with Crippen molar-refractivity contribution in [3.8, 4) is 0 Å². The van der Waals surface area contributed by atoms with E-state index in [0.717, 1.165) is 12.8 Å². The minimum atomic E-state index is 0.458. The molecule has 0 spiro atoms. The van der Waals surface area contributed by atoms with Crippen LogP contribution in [0.3, 0.4) is 0 Å². The molecule has 4 N–H and O–H groups in total. The Morgan fingerprint density at radius 2 is 1.50 bits per heavy atom. The smallest absolute Gasteiger partial charge is 0.00367 e. The average molecular weight is 220 g/mol. The second kappa shape index (κ2) is 6.02. The van der Waals surface area contributed by atoms with Gasteiger partial charge < -0.3 is 11.5 Å². The molecule has 0 fully saturated rings. The van der Waals surface area contributed by atoms with E-state index in [9.17, 15) is 0 Å². The normalized spacial score (nSPS) is 11.1. The molecule has 0 heterocycles. The van der Waals surface area contributed by atoms with Gasteiger partial charge in [-0.3, -0.25) is 0 Å². The number of hydrogen-bond acceptors (Lipinski definition) is 2. The molecule has 0 atom stereocenters. The Morgan fingerprint density at radius 3 is 1.94 bits per heavy atom. The van der Waals surface area contributed by atoms with Gasteiger partial charge in [-0.15, -0.1) is 0 Å². The van der Waals surface area contributed by atoms with Crippen molar-refractivity contribution in [1.29, 1.82) is 0 Å². The number of rotatable bonds is 5. The number of aryl methyl sites for hydroxylation is 3. The first-order valence-corrected chi connectivity index (χ1v) is 6.05. The molecule has 0 amide bonds. The number of nitrogens with two attached hydrogens (primary N) is 2. The lowest BCUT2D eigenvalue weighted by Crippen LogP contribution is -2.23. The summed E-state index contributed by atoms with van der Waals surface area (Å²) in [5.74, 6) is 0.458. The van der Waals surface area contributed by atoms with Crippen LogP contribution in [0.15, 0.2) is 12.1 Å². The third kappa shape index (κ3) is 3.32. The molecule has 2 nitrogen and oxygen atoms in total. The van der Waals surface area contributed by atoms with E-state index in [1.807, 2.05) is 0 Å². The van der Waals surface area contributed by atoms with E-state index in [4.69, 9.17) is 11.5 Å². The van der Waals surface area contributed by atoms with E-state index >= 15 is 0 Å². The van der Waals surface area contributed by atoms with Crippen molar-refractivity contribution < 1.29 is 0 Å². The van der Waals surface area contributed by atoms with Gasteiger partial charge in [0.25, 0.3) is 0 Å². The van der Waals surface area contributed by atoms with Crippen LogP contribution in [0.4, 0.5) is 0 Å². The Hall–Kier alpha value is -0.860. The quantitative estimate of drug-likeness (QED) is 0.798. The van der Waals surface area contributed by atoms with Gasteiger partial charge in [-0.25, -0.2) is 0 Å². The van der Waals surface area contributed by atoms with Crippen LogP contribution >= 0.6 is 0 Å². The second-order valence-corrected chi connectivity index (χ2v) is 4.75. The third-order valence-corrected chi connectivity index (χ3v) is 3.31. The van der Waals surface area contributed by atoms with Crippen LogP contribution in [0.25, 0.3) is 0 Å². The molecular weight excluding hydrogens is 196 g/mol. The Labute approximate surface area is 99.0 Å². The maximum atomic E-state index is 5.67. The molecule has 0 aromatic heterocycles. The summed E-state index contributed by atoms with van der Waals surface area (Å²) in [5, 5.41) is 0. The molecule has 0 saturated carbocycles. The molecule has 90 valence electrons. The summed E-state index contributed by atoms with van der Waals surface area (Å²) < 4.78 is 0. The molecule has 1 aromatic rings. The lowest BCUT2D eigenvalue weighted by Gasteiger charge is -2.15. The lowest BCUT2D eigenvalue weighted by molar-refractivity contribution is 0.506. The van der Waals surface area contributed by atoms with Gasteiger partial charge in [0.15, 0.2) is 0 Å². The van der Waals surface area contributed by atoms with Crippen molar-refractivity contribution in [3.05, 3.63) is 34.4 Å². The first-order chi connectivity index (χ1) is 7.58. The van der Waals surface area contributed by atoms with Gasteiger partial charge in [0, 0.05) is 0 Å². The van der Waals surface area contributed by atoms with E-state index in [1.165, 1.54) is 22.3 Å². The third-order valence-electron chi connectivity index (χ3n) is 3.31. The zero-order valence-corrected chi connectivity index (χ0v) is 10.7. The van der Waals surface area contributed by atoms with Crippen molar-refractivity contribution in [3.63, 3.8) is 0 Å². The SMILES string of the molecule is Cc1cc(C)c(CCC(CN)CN)c(C)c1. The monoisotopic (exact) mass is 220 g/mol. The highest BCUT2D eigenvalue weighted by atomic mass is 14.6. The molecule has 0 saturated heterocycles. The molecule has 2 heteroatoms. The molecule has 1 rings (SSSR count). The van der Waals surface area contributed by atoms with Crippen LogP contribution in [0, 0.1) is 26.7 Å². The molecule has 16 heavy (non-hydrogen) atoms. The Morgan fingerprint density at radius 1 is 1.00 bits per heavy atom. The highest BCUT2D eigenvalue weighted by molar-refractivity contribution is 5.37. The van der Waals surface area contributed by atoms with Gasteiger partial charge in [-0.05, 0) is 69.3 Å². The fourth-order valence-electron chi connectivity index (χ4n) is 2.28. The predicted molar refractivity (Wildman–Crippen MR) is 70.6 cm³/mol. The fraction of sp³-hybridized carbons (Fsp3) is 0.571. The zero-order chi connectivity index (χ0) is 12.1. The maximum absolute atomic E-state index is 5.67. The van der Waals surface area contributed by atoms with Crippen molar-refractivity contribution in [1.82, 2.24) is 0 Å². The number of benzene rings is 1. The summed E-state index contributed by atoms with van der Waals surface area (Å²) in [7, 11) is 0. The fourth-order valence-corrected chi connectivity index (χ4v) is 2.28. The number of hydrogen-bond donors (Lipinski definition) is 2. The van der Waals surface area contributed by atoms with E-state index in [2.05, 4.69) is 32.9 Å². The first-order valence-electron chi connectivity index (χ1n) is 6.05. The minimum absolute atomic E-state index is 0.458. The van der Waals surface area contributed by atoms with Gasteiger partial charge in [-0.2, -0.15) is 0 Å². The predicted octanol–water partition coefficient (Wildman–Crippen LogP) is 2.08. The van der Waals surface area contributed by atoms with Gasteiger partial charge in [0.1, 0.15) is 0 Å². The highest BCUT2D eigenvalue weighted by Gasteiger charge is 2.08. The topological polar surface area (TPSA) is 52.0 Å². The molecule has 0 aliphatic rings. The van der Waals surface area contributed by atoms with Crippen molar-refractivity contribution in [2.75, 3.05) is 13.1 Å². The molecule has 0 radical (unpaired) electrons. The molecular formula is C14H24N2. The second-order valence-electron chi connectivity index (χ2n) is 4.75. The Bertz CT molecular complexity index is 318. The van der Waals surface area contributed by atoms with Crippen molar-refractivity contribution in [2.24, 2.45) is 17.4 Å². The average Bonchev–Trinajstić information content (AvgIpc) is 2.22. The van der Waals surface area contributed by atoms with E-state index in [-0.39, 0.29) is 0 Å². The molecule has 0 unspecified atom stereocenters. The summed E-state index contributed by atoms with van der Waals surface area (Å²) in [5.41, 5.74) is 16.9. The van der Waals surface area contributed by atoms with Crippen LogP contribution in [0.1, 0.15) is 28.7 Å². The van der Waals surface area contributed by atoms with Gasteiger partial charge >= 0.3 is 0 Å². The van der Waals surface area contributed by atoms with Crippen LogP contribution in [-0.2, 0) is 6.42 Å². The van der Waals surface area contributed by atoms with Crippen molar-refractivity contribution >= 4 is 0 Å². The maximum Gasteiger partial charge on any atom is -0.00367 e. The van der Waals surface area contributed by atoms with Crippen LogP contribution < -0.4 is 11.5 Å². The van der Waals surface area contributed by atoms with Crippen LogP contribution in [-0.4, -0.2) is 13.1 Å². The lowest BCUT2D eigenvalue weighted by atomic mass is 9.92. The zero-order valence-electron chi connectivity index (χ0n) is 10.7. The first kappa shape index (κ1) is 13.2. The molecule has 0 aliphatic carbocycles. The standard InChI is InChI=1S/C14H24N2/c1-10-6-11(2)14(12(3)7-10)5-4-13(8-15)9-16/h6-7,13H,4-5,8-9,15-16H2,1-3H3. The van der Waals surface area contributed by atoms with Gasteiger partial charge in [0.2, 0.25) is 0 Å². The largest absolute Gasteiger partial charge is 0.330 e. The van der Waals surface area contributed by atoms with Gasteiger partial charge in [0.05, 0.1) is 0 Å². The van der Waals surface area contributed by atoms with Gasteiger partial charge in [-0.1, -0.05) is 17.7 Å². The summed E-state index contributed by atoms with van der Waals surface area (Å²) in [6.07, 6.45) is 2.19. The van der Waals surface area contributed by atoms with E-state index < -0.39 is 0 Å². The summed E-state index contributed by atoms with van der Waals surface area (Å²) >= 11 is 0. The van der Waals surface area contributed by atoms with Crippen LogP contribution in [0.2, 0.25) is 0 Å². The molecule has 0 aliphatic heterocycles. The van der Waals surface area contributed by atoms with E-state index in [1.54, 1.807) is 0 Å². The molecule has 0 bridgehead atoms. The Kier molecular flexibility index (Phi) is 4.97. The van der Waals surface area contributed by atoms with E-state index in [0.29, 0.717) is 19.0 Å². The molecule has 1 aromatic carbocycles. The summed E-state index contributed by atoms with van der Waals surface area (Å²) in [4.78, 5) is 0.